The van der Waals surface area contributed by atoms with Gasteiger partial charge < -0.3 is 75.0 Å². The number of Topliss-reactive ketones (excluding diaryl/α,β-unsaturated/α-hetero) is 4. The van der Waals surface area contributed by atoms with Crippen LogP contribution in [0.3, 0.4) is 0 Å². The van der Waals surface area contributed by atoms with Gasteiger partial charge in [0, 0.05) is 32.2 Å². The predicted molar refractivity (Wildman–Crippen MR) is 316 cm³/mol. The summed E-state index contributed by atoms with van der Waals surface area (Å²) in [4.78, 5) is 114. The quantitative estimate of drug-likeness (QED) is 0.0174. The standard InChI is InChI=1S/C60H83N11O12/c1-80-52-20-16-36(28-40(52)56(65)76)33-51(75)47(15-11-27-68-60(66)67)71-59(79)43-31-39(19-23-55(43)83-4)35-50(74)46(14-7-10-26-63)70-58(78)42-30-38(18-22-54(42)82-3)34-49(73)45(13-6-9-25-62)69-57(77)41-29-37(17-21-53(41)81-2)32-48(72)44(64)12-5-8-24-61/h16-23,28-31,44-47H,5-15,24-27,32-35,61-64H2,1-4H3,(H2,65,76)(H,69,77)(H,70,78)(H,71,79)(H4,66,67,68)/t44-,45-,46-,47-/m0/s1. The third kappa shape index (κ3) is 21.2. The van der Waals surface area contributed by atoms with E-state index in [0.29, 0.717) is 86.8 Å². The topological polar surface area (TPSA) is 404 Å². The molecule has 0 heterocycles. The maximum Gasteiger partial charge on any atom is 0.255 e. The Morgan fingerprint density at radius 3 is 1.04 bits per heavy atom. The van der Waals surface area contributed by atoms with Crippen molar-refractivity contribution in [3.63, 3.8) is 0 Å². The molecule has 0 aliphatic rings. The van der Waals surface area contributed by atoms with Gasteiger partial charge in [-0.15, -0.1) is 0 Å². The second kappa shape index (κ2) is 34.9. The first-order valence-corrected chi connectivity index (χ1v) is 27.7. The SMILES string of the molecule is COc1ccc(CC(=O)[C@H](CCCN=C(N)N)NC(=O)c2cc(CC(=O)[C@H](CCCCN)NC(=O)c3cc(CC(=O)[C@H](CCCCN)NC(=O)c4cc(CC(=O)[C@@H](N)CCCCN)ccc4OC)ccc3OC)ccc2OC)cc1C(N)=O. The van der Waals surface area contributed by atoms with Crippen LogP contribution in [0.2, 0.25) is 0 Å². The minimum absolute atomic E-state index is 0.0111. The first kappa shape index (κ1) is 67.3. The number of methoxy groups -OCH3 is 4. The Kier molecular flexibility index (Phi) is 28.3. The molecular weight excluding hydrogens is 1070 g/mol. The zero-order chi connectivity index (χ0) is 61.0. The normalized spacial score (nSPS) is 12.4. The molecular formula is C60H83N11O12. The van der Waals surface area contributed by atoms with Crippen molar-refractivity contribution in [1.29, 1.82) is 0 Å². The minimum Gasteiger partial charge on any atom is -0.496 e. The van der Waals surface area contributed by atoms with E-state index in [9.17, 15) is 38.4 Å². The van der Waals surface area contributed by atoms with Crippen molar-refractivity contribution in [3.8, 4) is 23.0 Å². The third-order valence-electron chi connectivity index (χ3n) is 13.9. The first-order valence-electron chi connectivity index (χ1n) is 27.7. The molecule has 4 amide bonds. The Hall–Kier alpha value is -8.25. The van der Waals surface area contributed by atoms with E-state index < -0.39 is 59.4 Å². The largest absolute Gasteiger partial charge is 0.496 e. The number of nitrogens with two attached hydrogens (primary N) is 7. The fraction of sp³-hybridized carbons (Fsp3) is 0.450. The molecule has 23 nitrogen and oxygen atoms in total. The van der Waals surface area contributed by atoms with Crippen LogP contribution < -0.4 is 75.0 Å². The van der Waals surface area contributed by atoms with Crippen LogP contribution in [0.1, 0.15) is 134 Å². The van der Waals surface area contributed by atoms with Gasteiger partial charge >= 0.3 is 0 Å². The van der Waals surface area contributed by atoms with Crippen molar-refractivity contribution in [2.75, 3.05) is 54.6 Å². The number of amides is 4. The number of nitrogens with zero attached hydrogens (tertiary/aromatic N) is 1. The number of primary amides is 1. The number of nitrogens with one attached hydrogen (secondary N) is 3. The molecule has 0 radical (unpaired) electrons. The fourth-order valence-electron chi connectivity index (χ4n) is 9.30. The van der Waals surface area contributed by atoms with Crippen molar-refractivity contribution in [1.82, 2.24) is 16.0 Å². The van der Waals surface area contributed by atoms with Crippen molar-refractivity contribution in [2.45, 2.75) is 120 Å². The average Bonchev–Trinajstić information content (AvgIpc) is 3.48. The number of aliphatic imine (C=N–C) groups is 1. The summed E-state index contributed by atoms with van der Waals surface area (Å²) in [5, 5.41) is 8.56. The molecule has 0 aliphatic heterocycles. The average molecular weight is 1150 g/mol. The lowest BCUT2D eigenvalue weighted by atomic mass is 9.95. The number of guanidine groups is 1. The molecule has 4 atom stereocenters. The summed E-state index contributed by atoms with van der Waals surface area (Å²) >= 11 is 0. The Labute approximate surface area is 484 Å². The van der Waals surface area contributed by atoms with E-state index in [1.54, 1.807) is 36.4 Å². The van der Waals surface area contributed by atoms with Crippen LogP contribution in [0.4, 0.5) is 0 Å². The van der Waals surface area contributed by atoms with Crippen LogP contribution in [0, 0.1) is 0 Å². The van der Waals surface area contributed by atoms with E-state index >= 15 is 0 Å². The molecule has 4 rings (SSSR count). The van der Waals surface area contributed by atoms with Gasteiger partial charge in [0.1, 0.15) is 23.0 Å². The molecule has 450 valence electrons. The lowest BCUT2D eigenvalue weighted by molar-refractivity contribution is -0.121. The summed E-state index contributed by atoms with van der Waals surface area (Å²) in [6, 6.07) is 14.9. The molecule has 23 heteroatoms. The van der Waals surface area contributed by atoms with Gasteiger partial charge in [-0.1, -0.05) is 30.7 Å². The van der Waals surface area contributed by atoms with Crippen molar-refractivity contribution < 1.29 is 57.3 Å². The number of carbonyl (C=O) groups excluding carboxylic acids is 8. The highest BCUT2D eigenvalue weighted by Crippen LogP contribution is 2.26. The van der Waals surface area contributed by atoms with Gasteiger partial charge in [0.15, 0.2) is 29.1 Å². The monoisotopic (exact) mass is 1150 g/mol. The molecule has 83 heavy (non-hydrogen) atoms. The first-order chi connectivity index (χ1) is 39.8. The van der Waals surface area contributed by atoms with Gasteiger partial charge in [-0.25, -0.2) is 0 Å². The van der Waals surface area contributed by atoms with Gasteiger partial charge in [0.25, 0.3) is 23.6 Å². The Morgan fingerprint density at radius 2 is 0.723 bits per heavy atom. The maximum absolute atomic E-state index is 14.3. The Bertz CT molecular complexity index is 2910. The molecule has 0 unspecified atom stereocenters. The highest BCUT2D eigenvalue weighted by Gasteiger charge is 2.29. The zero-order valence-corrected chi connectivity index (χ0v) is 48.1. The number of hydrogen-bond acceptors (Lipinski definition) is 17. The van der Waals surface area contributed by atoms with Gasteiger partial charge in [-0.3, -0.25) is 43.3 Å². The molecule has 4 aromatic rings. The van der Waals surface area contributed by atoms with Crippen LogP contribution in [-0.2, 0) is 44.9 Å². The number of benzene rings is 4. The number of ether oxygens (including phenoxy) is 4. The van der Waals surface area contributed by atoms with E-state index in [1.807, 2.05) is 0 Å². The number of unbranched alkanes of at least 4 members (excludes halogenated alkanes) is 3. The second-order valence-corrected chi connectivity index (χ2v) is 20.1. The summed E-state index contributed by atoms with van der Waals surface area (Å²) < 4.78 is 21.9. The van der Waals surface area contributed by atoms with Crippen LogP contribution in [-0.4, -0.2) is 132 Å². The molecule has 0 saturated carbocycles. The third-order valence-corrected chi connectivity index (χ3v) is 13.9. The molecule has 0 saturated heterocycles. The maximum atomic E-state index is 14.3. The summed E-state index contributed by atoms with van der Waals surface area (Å²) in [6.45, 7) is 1.37. The molecule has 4 aromatic carbocycles. The van der Waals surface area contributed by atoms with Crippen molar-refractivity contribution in [3.05, 3.63) is 117 Å². The van der Waals surface area contributed by atoms with E-state index in [2.05, 4.69) is 20.9 Å². The lowest BCUT2D eigenvalue weighted by Gasteiger charge is -2.21. The predicted octanol–water partition coefficient (Wildman–Crippen LogP) is 2.43. The van der Waals surface area contributed by atoms with Crippen LogP contribution >= 0.6 is 0 Å². The van der Waals surface area contributed by atoms with Gasteiger partial charge in [0.2, 0.25) is 0 Å². The van der Waals surface area contributed by atoms with Crippen molar-refractivity contribution >= 4 is 52.7 Å². The fourth-order valence-corrected chi connectivity index (χ4v) is 9.30. The second-order valence-electron chi connectivity index (χ2n) is 20.1. The van der Waals surface area contributed by atoms with E-state index in [0.717, 1.165) is 6.42 Å². The minimum atomic E-state index is -1.06. The highest BCUT2D eigenvalue weighted by atomic mass is 16.5. The molecule has 0 aromatic heterocycles. The summed E-state index contributed by atoms with van der Waals surface area (Å²) in [5.41, 5.74) is 42.1. The molecule has 0 bridgehead atoms. The van der Waals surface area contributed by atoms with E-state index in [1.165, 1.54) is 64.8 Å². The number of ketones is 4. The number of carbonyl (C=O) groups is 8. The van der Waals surface area contributed by atoms with Crippen LogP contribution in [0.15, 0.2) is 77.8 Å². The zero-order valence-electron chi connectivity index (χ0n) is 48.1. The summed E-state index contributed by atoms with van der Waals surface area (Å²) in [6.07, 6.45) is 4.34. The smallest absolute Gasteiger partial charge is 0.255 e. The number of rotatable bonds is 39. The molecule has 0 spiro atoms. The summed E-state index contributed by atoms with van der Waals surface area (Å²) in [5.74, 6) is -3.39. The Balaban J connectivity index is 1.56. The summed E-state index contributed by atoms with van der Waals surface area (Å²) in [7, 11) is 5.54. The van der Waals surface area contributed by atoms with Crippen LogP contribution in [0.5, 0.6) is 23.0 Å². The Morgan fingerprint density at radius 1 is 0.422 bits per heavy atom. The van der Waals surface area contributed by atoms with Crippen LogP contribution in [0.25, 0.3) is 0 Å². The van der Waals surface area contributed by atoms with E-state index in [-0.39, 0.29) is 114 Å². The van der Waals surface area contributed by atoms with Gasteiger partial charge in [0.05, 0.1) is 74.9 Å². The van der Waals surface area contributed by atoms with Gasteiger partial charge in [-0.2, -0.15) is 0 Å². The highest BCUT2D eigenvalue weighted by molar-refractivity contribution is 6.03. The van der Waals surface area contributed by atoms with Gasteiger partial charge in [-0.05, 0) is 155 Å². The number of hydrogen-bond donors (Lipinski definition) is 10. The molecule has 17 N–H and O–H groups in total. The lowest BCUT2D eigenvalue weighted by Crippen LogP contribution is -2.42. The van der Waals surface area contributed by atoms with Crippen molar-refractivity contribution in [2.24, 2.45) is 45.1 Å². The molecule has 0 aliphatic carbocycles. The van der Waals surface area contributed by atoms with E-state index in [4.69, 9.17) is 59.1 Å². The molecule has 0 fully saturated rings.